The van der Waals surface area contributed by atoms with Gasteiger partial charge in [-0.3, -0.25) is 9.59 Å². The minimum Gasteiger partial charge on any atom is -0.466 e. The molecule has 0 N–H and O–H groups in total. The molecule has 0 bridgehead atoms. The largest absolute Gasteiger partial charge is 0.466 e. The second-order valence-electron chi connectivity index (χ2n) is 9.35. The Hall–Kier alpha value is -0.770. The molecule has 0 aliphatic carbocycles. The zero-order chi connectivity index (χ0) is 24.2. The van der Waals surface area contributed by atoms with Crippen molar-refractivity contribution in [1.29, 1.82) is 0 Å². The van der Waals surface area contributed by atoms with Crippen molar-refractivity contribution in [2.75, 3.05) is 19.1 Å². The van der Waals surface area contributed by atoms with Gasteiger partial charge in [-0.1, -0.05) is 103 Å². The molecule has 0 saturated heterocycles. The van der Waals surface area contributed by atoms with Crippen LogP contribution in [0.1, 0.15) is 148 Å². The van der Waals surface area contributed by atoms with Crippen molar-refractivity contribution < 1.29 is 19.1 Å². The fourth-order valence-corrected chi connectivity index (χ4v) is 4.09. The van der Waals surface area contributed by atoms with E-state index in [1.54, 1.807) is 0 Å². The van der Waals surface area contributed by atoms with E-state index in [4.69, 9.17) is 21.1 Å². The zero-order valence-electron chi connectivity index (χ0n) is 21.7. The van der Waals surface area contributed by atoms with Crippen molar-refractivity contribution in [2.45, 2.75) is 148 Å². The van der Waals surface area contributed by atoms with Crippen LogP contribution in [0.2, 0.25) is 0 Å². The molecular weight excluding hydrogens is 436 g/mol. The summed E-state index contributed by atoms with van der Waals surface area (Å²) in [4.78, 5) is 23.5. The molecule has 33 heavy (non-hydrogen) atoms. The Kier molecular flexibility index (Phi) is 26.8. The SMILES string of the molecule is CCCCCCCCOC(=O)CCCCCCCCC(=O)OCCCCCCCCCCCl. The maximum absolute atomic E-state index is 11.8. The fourth-order valence-electron chi connectivity index (χ4n) is 3.90. The summed E-state index contributed by atoms with van der Waals surface area (Å²) in [6.07, 6.45) is 24.1. The summed E-state index contributed by atoms with van der Waals surface area (Å²) >= 11 is 5.67. The molecular formula is C28H53ClO4. The lowest BCUT2D eigenvalue weighted by atomic mass is 10.1. The predicted octanol–water partition coefficient (Wildman–Crippen LogP) is 8.91. The molecule has 5 heteroatoms. The number of rotatable bonds is 26. The average molecular weight is 489 g/mol. The van der Waals surface area contributed by atoms with Crippen LogP contribution < -0.4 is 0 Å². The third kappa shape index (κ3) is 27.4. The lowest BCUT2D eigenvalue weighted by Crippen LogP contribution is -2.06. The van der Waals surface area contributed by atoms with E-state index in [9.17, 15) is 9.59 Å². The molecule has 196 valence electrons. The van der Waals surface area contributed by atoms with E-state index in [2.05, 4.69) is 6.92 Å². The lowest BCUT2D eigenvalue weighted by Gasteiger charge is -2.06. The average Bonchev–Trinajstić information content (AvgIpc) is 2.81. The normalized spacial score (nSPS) is 11.0. The number of halogens is 1. The molecule has 0 unspecified atom stereocenters. The van der Waals surface area contributed by atoms with Crippen LogP contribution in [0, 0.1) is 0 Å². The second kappa shape index (κ2) is 27.5. The molecule has 4 nitrogen and oxygen atoms in total. The van der Waals surface area contributed by atoms with Crippen molar-refractivity contribution in [2.24, 2.45) is 0 Å². The van der Waals surface area contributed by atoms with Crippen LogP contribution >= 0.6 is 11.6 Å². The number of unbranched alkanes of at least 4 members (excludes halogenated alkanes) is 17. The van der Waals surface area contributed by atoms with Gasteiger partial charge in [0, 0.05) is 18.7 Å². The maximum Gasteiger partial charge on any atom is 0.305 e. The molecule has 0 aromatic rings. The molecule has 0 amide bonds. The van der Waals surface area contributed by atoms with E-state index in [0.717, 1.165) is 76.5 Å². The first kappa shape index (κ1) is 32.2. The van der Waals surface area contributed by atoms with Gasteiger partial charge in [-0.2, -0.15) is 0 Å². The monoisotopic (exact) mass is 488 g/mol. The van der Waals surface area contributed by atoms with Crippen LogP contribution in [0.3, 0.4) is 0 Å². The van der Waals surface area contributed by atoms with Crippen molar-refractivity contribution in [1.82, 2.24) is 0 Å². The van der Waals surface area contributed by atoms with Gasteiger partial charge < -0.3 is 9.47 Å². The quantitative estimate of drug-likeness (QED) is 0.0692. The first-order valence-electron chi connectivity index (χ1n) is 14.1. The smallest absolute Gasteiger partial charge is 0.305 e. The van der Waals surface area contributed by atoms with Crippen LogP contribution in [-0.2, 0) is 19.1 Å². The third-order valence-electron chi connectivity index (χ3n) is 6.06. The van der Waals surface area contributed by atoms with E-state index < -0.39 is 0 Å². The van der Waals surface area contributed by atoms with Gasteiger partial charge in [0.05, 0.1) is 13.2 Å². The van der Waals surface area contributed by atoms with Crippen LogP contribution in [0.4, 0.5) is 0 Å². The van der Waals surface area contributed by atoms with E-state index >= 15 is 0 Å². The summed E-state index contributed by atoms with van der Waals surface area (Å²) in [6, 6.07) is 0. The van der Waals surface area contributed by atoms with Crippen molar-refractivity contribution in [3.05, 3.63) is 0 Å². The minimum absolute atomic E-state index is 0.0476. The molecule has 0 aromatic carbocycles. The van der Waals surface area contributed by atoms with Gasteiger partial charge in [-0.05, 0) is 32.1 Å². The van der Waals surface area contributed by atoms with Crippen molar-refractivity contribution in [3.63, 3.8) is 0 Å². The Balaban J connectivity index is 3.25. The maximum atomic E-state index is 11.8. The number of alkyl halides is 1. The summed E-state index contributed by atoms with van der Waals surface area (Å²) in [5.41, 5.74) is 0. The third-order valence-corrected chi connectivity index (χ3v) is 6.33. The van der Waals surface area contributed by atoms with Gasteiger partial charge in [0.2, 0.25) is 0 Å². The van der Waals surface area contributed by atoms with E-state index in [-0.39, 0.29) is 11.9 Å². The highest BCUT2D eigenvalue weighted by Gasteiger charge is 2.04. The van der Waals surface area contributed by atoms with Crippen LogP contribution in [0.25, 0.3) is 0 Å². The van der Waals surface area contributed by atoms with Gasteiger partial charge >= 0.3 is 11.9 Å². The molecule has 0 saturated carbocycles. The predicted molar refractivity (Wildman–Crippen MR) is 140 cm³/mol. The van der Waals surface area contributed by atoms with Crippen molar-refractivity contribution in [3.8, 4) is 0 Å². The Morgan fingerprint density at radius 3 is 1.21 bits per heavy atom. The molecule has 0 aromatic heterocycles. The van der Waals surface area contributed by atoms with Gasteiger partial charge in [-0.15, -0.1) is 11.6 Å². The molecule has 0 heterocycles. The number of esters is 2. The number of hydrogen-bond acceptors (Lipinski definition) is 4. The molecule has 0 spiro atoms. The van der Waals surface area contributed by atoms with Gasteiger partial charge in [0.25, 0.3) is 0 Å². The summed E-state index contributed by atoms with van der Waals surface area (Å²) in [6.45, 7) is 3.37. The first-order valence-corrected chi connectivity index (χ1v) is 14.6. The molecule has 0 fully saturated rings. The van der Waals surface area contributed by atoms with Gasteiger partial charge in [-0.25, -0.2) is 0 Å². The van der Waals surface area contributed by atoms with Crippen LogP contribution in [0.15, 0.2) is 0 Å². The Bertz CT molecular complexity index is 428. The topological polar surface area (TPSA) is 52.6 Å². The second-order valence-corrected chi connectivity index (χ2v) is 9.73. The number of hydrogen-bond donors (Lipinski definition) is 0. The summed E-state index contributed by atoms with van der Waals surface area (Å²) in [5.74, 6) is 0.681. The Morgan fingerprint density at radius 1 is 0.485 bits per heavy atom. The molecule has 0 radical (unpaired) electrons. The Morgan fingerprint density at radius 2 is 0.818 bits per heavy atom. The standard InChI is InChI=1S/C28H53ClO4/c1-2-3-4-5-15-20-25-32-27(30)22-17-12-8-9-13-18-23-28(31)33-26-21-16-11-7-6-10-14-19-24-29/h2-26H2,1H3. The number of carbonyl (C=O) groups excluding carboxylic acids is 2. The summed E-state index contributed by atoms with van der Waals surface area (Å²) < 4.78 is 10.6. The minimum atomic E-state index is -0.0517. The highest BCUT2D eigenvalue weighted by atomic mass is 35.5. The summed E-state index contributed by atoms with van der Waals surface area (Å²) in [5, 5.41) is 0. The van der Waals surface area contributed by atoms with Gasteiger partial charge in [0.1, 0.15) is 0 Å². The van der Waals surface area contributed by atoms with Crippen LogP contribution in [-0.4, -0.2) is 31.0 Å². The first-order chi connectivity index (χ1) is 16.2. The van der Waals surface area contributed by atoms with Gasteiger partial charge in [0.15, 0.2) is 0 Å². The fraction of sp³-hybridized carbons (Fsp3) is 0.929. The Labute approximate surface area is 209 Å². The summed E-state index contributed by atoms with van der Waals surface area (Å²) in [7, 11) is 0. The van der Waals surface area contributed by atoms with Crippen LogP contribution in [0.5, 0.6) is 0 Å². The van der Waals surface area contributed by atoms with E-state index in [1.165, 1.54) is 57.8 Å². The highest BCUT2D eigenvalue weighted by Crippen LogP contribution is 2.11. The van der Waals surface area contributed by atoms with E-state index in [1.807, 2.05) is 0 Å². The number of carbonyl (C=O) groups is 2. The lowest BCUT2D eigenvalue weighted by molar-refractivity contribution is -0.144. The van der Waals surface area contributed by atoms with Crippen molar-refractivity contribution >= 4 is 23.5 Å². The highest BCUT2D eigenvalue weighted by molar-refractivity contribution is 6.17. The molecule has 0 rings (SSSR count). The molecule has 0 aliphatic heterocycles. The molecule has 0 atom stereocenters. The van der Waals surface area contributed by atoms with E-state index in [0.29, 0.717) is 26.1 Å². The molecule has 0 aliphatic rings. The number of ether oxygens (including phenoxy) is 2. The zero-order valence-corrected chi connectivity index (χ0v) is 22.4.